The Morgan fingerprint density at radius 2 is 2.00 bits per heavy atom. The van der Waals surface area contributed by atoms with Crippen LogP contribution in [0.15, 0.2) is 20.1 Å². The summed E-state index contributed by atoms with van der Waals surface area (Å²) in [6.07, 6.45) is 2.59. The van der Waals surface area contributed by atoms with E-state index in [2.05, 4.69) is 15.9 Å². The Morgan fingerprint density at radius 3 is 2.57 bits per heavy atom. The quantitative estimate of drug-likeness (QED) is 0.791. The Hall–Kier alpha value is -0.440. The summed E-state index contributed by atoms with van der Waals surface area (Å²) in [4.78, 5) is 14.1. The first-order chi connectivity index (χ1) is 9.98. The monoisotopic (exact) mass is 392 g/mol. The van der Waals surface area contributed by atoms with Crippen LogP contribution < -0.4 is 0 Å². The Labute approximate surface area is 137 Å². The van der Waals surface area contributed by atoms with Gasteiger partial charge in [-0.2, -0.15) is 4.31 Å². The molecule has 2 aliphatic heterocycles. The molecule has 0 N–H and O–H groups in total. The number of carbonyl (C=O) groups excluding carboxylic acids is 1. The van der Waals surface area contributed by atoms with Crippen molar-refractivity contribution in [3.8, 4) is 0 Å². The highest BCUT2D eigenvalue weighted by atomic mass is 79.9. The summed E-state index contributed by atoms with van der Waals surface area (Å²) in [6.45, 7) is 2.45. The number of hydrogen-bond acceptors (Lipinski definition) is 4. The number of thiophene rings is 1. The van der Waals surface area contributed by atoms with Crippen LogP contribution >= 0.6 is 27.3 Å². The van der Waals surface area contributed by atoms with Gasteiger partial charge in [-0.3, -0.25) is 4.79 Å². The molecule has 0 bridgehead atoms. The van der Waals surface area contributed by atoms with Crippen LogP contribution in [0.3, 0.4) is 0 Å². The first-order valence-corrected chi connectivity index (χ1v) is 10.1. The Kier molecular flexibility index (Phi) is 4.40. The summed E-state index contributed by atoms with van der Waals surface area (Å²) < 4.78 is 27.8. The van der Waals surface area contributed by atoms with Crippen molar-refractivity contribution < 1.29 is 13.2 Å². The zero-order valence-corrected chi connectivity index (χ0v) is 14.7. The molecule has 2 saturated heterocycles. The SMILES string of the molecule is O=C(C1CCCN(S(=O)(=O)c2ccc(Br)s2)C1)N1CCC1. The van der Waals surface area contributed by atoms with Gasteiger partial charge in [0.1, 0.15) is 4.21 Å². The average molecular weight is 393 g/mol. The van der Waals surface area contributed by atoms with Gasteiger partial charge in [-0.25, -0.2) is 8.42 Å². The van der Waals surface area contributed by atoms with Gasteiger partial charge in [-0.05, 0) is 47.3 Å². The van der Waals surface area contributed by atoms with Gasteiger partial charge in [0.05, 0.1) is 9.70 Å². The summed E-state index contributed by atoms with van der Waals surface area (Å²) in [7, 11) is -3.47. The molecule has 1 amide bonds. The van der Waals surface area contributed by atoms with Gasteiger partial charge >= 0.3 is 0 Å². The normalized spacial score (nSPS) is 23.9. The lowest BCUT2D eigenvalue weighted by molar-refractivity contribution is -0.140. The third-order valence-electron chi connectivity index (χ3n) is 4.04. The first kappa shape index (κ1) is 15.5. The van der Waals surface area contributed by atoms with E-state index >= 15 is 0 Å². The fourth-order valence-electron chi connectivity index (χ4n) is 2.72. The van der Waals surface area contributed by atoms with Crippen molar-refractivity contribution in [1.82, 2.24) is 9.21 Å². The number of likely N-dealkylation sites (tertiary alicyclic amines) is 1. The second kappa shape index (κ2) is 5.98. The maximum absolute atomic E-state index is 12.6. The van der Waals surface area contributed by atoms with Crippen LogP contribution in [0.2, 0.25) is 0 Å². The second-order valence-electron chi connectivity index (χ2n) is 5.44. The summed E-state index contributed by atoms with van der Waals surface area (Å²) in [6, 6.07) is 3.36. The molecule has 5 nitrogen and oxygen atoms in total. The lowest BCUT2D eigenvalue weighted by atomic mass is 9.97. The number of hydrogen-bond donors (Lipinski definition) is 0. The Morgan fingerprint density at radius 1 is 1.24 bits per heavy atom. The van der Waals surface area contributed by atoms with Gasteiger partial charge in [0, 0.05) is 26.2 Å². The van der Waals surface area contributed by atoms with Crippen molar-refractivity contribution in [3.63, 3.8) is 0 Å². The minimum absolute atomic E-state index is 0.119. The van der Waals surface area contributed by atoms with Crippen LogP contribution in [-0.2, 0) is 14.8 Å². The fourth-order valence-corrected chi connectivity index (χ4v) is 6.41. The smallest absolute Gasteiger partial charge is 0.252 e. The van der Waals surface area contributed by atoms with Crippen molar-refractivity contribution in [1.29, 1.82) is 0 Å². The van der Waals surface area contributed by atoms with E-state index in [0.29, 0.717) is 17.3 Å². The number of amides is 1. The molecule has 21 heavy (non-hydrogen) atoms. The van der Waals surface area contributed by atoms with E-state index in [1.54, 1.807) is 12.1 Å². The molecular formula is C13H17BrN2O3S2. The first-order valence-electron chi connectivity index (χ1n) is 7.03. The van der Waals surface area contributed by atoms with Gasteiger partial charge in [0.2, 0.25) is 5.91 Å². The molecule has 0 spiro atoms. The summed E-state index contributed by atoms with van der Waals surface area (Å²) >= 11 is 4.51. The van der Waals surface area contributed by atoms with E-state index in [1.807, 2.05) is 4.90 Å². The zero-order valence-electron chi connectivity index (χ0n) is 11.5. The molecule has 2 fully saturated rings. The van der Waals surface area contributed by atoms with E-state index < -0.39 is 10.0 Å². The molecule has 1 aromatic rings. The van der Waals surface area contributed by atoms with Gasteiger partial charge in [0.15, 0.2) is 0 Å². The molecule has 3 rings (SSSR count). The molecule has 1 atom stereocenters. The van der Waals surface area contributed by atoms with Gasteiger partial charge in [-0.15, -0.1) is 11.3 Å². The number of nitrogens with zero attached hydrogens (tertiary/aromatic N) is 2. The summed E-state index contributed by atoms with van der Waals surface area (Å²) in [5.41, 5.74) is 0. The van der Waals surface area contributed by atoms with E-state index in [-0.39, 0.29) is 11.8 Å². The van der Waals surface area contributed by atoms with Crippen LogP contribution in [0, 0.1) is 5.92 Å². The number of rotatable bonds is 3. The maximum Gasteiger partial charge on any atom is 0.252 e. The van der Waals surface area contributed by atoms with Crippen molar-refractivity contribution in [2.45, 2.75) is 23.5 Å². The molecule has 0 aliphatic carbocycles. The summed E-state index contributed by atoms with van der Waals surface area (Å²) in [5, 5.41) is 0. The Bertz CT molecular complexity index is 640. The molecule has 8 heteroatoms. The molecule has 2 aliphatic rings. The molecule has 116 valence electrons. The highest BCUT2D eigenvalue weighted by Gasteiger charge is 2.36. The van der Waals surface area contributed by atoms with Crippen LogP contribution in [0.25, 0.3) is 0 Å². The molecule has 0 saturated carbocycles. The largest absolute Gasteiger partial charge is 0.342 e. The second-order valence-corrected chi connectivity index (χ2v) is 10.1. The number of piperidine rings is 1. The predicted molar refractivity (Wildman–Crippen MR) is 84.7 cm³/mol. The van der Waals surface area contributed by atoms with E-state index in [9.17, 15) is 13.2 Å². The molecule has 0 radical (unpaired) electrons. The van der Waals surface area contributed by atoms with Gasteiger partial charge < -0.3 is 4.90 Å². The lowest BCUT2D eigenvalue weighted by Gasteiger charge is -2.37. The highest BCUT2D eigenvalue weighted by molar-refractivity contribution is 9.11. The average Bonchev–Trinajstić information content (AvgIpc) is 2.84. The minimum Gasteiger partial charge on any atom is -0.342 e. The van der Waals surface area contributed by atoms with E-state index in [0.717, 1.165) is 36.1 Å². The van der Waals surface area contributed by atoms with Crippen LogP contribution in [0.1, 0.15) is 19.3 Å². The van der Waals surface area contributed by atoms with Gasteiger partial charge in [-0.1, -0.05) is 0 Å². The minimum atomic E-state index is -3.47. The standard InChI is InChI=1S/C13H17BrN2O3S2/c14-11-4-5-12(20-11)21(18,19)16-8-1-3-10(9-16)13(17)15-6-2-7-15/h4-5,10H,1-3,6-9H2. The van der Waals surface area contributed by atoms with E-state index in [4.69, 9.17) is 0 Å². The van der Waals surface area contributed by atoms with Crippen molar-refractivity contribution >= 4 is 43.2 Å². The van der Waals surface area contributed by atoms with Gasteiger partial charge in [0.25, 0.3) is 10.0 Å². The molecule has 0 aromatic carbocycles. The molecule has 3 heterocycles. The lowest BCUT2D eigenvalue weighted by Crippen LogP contribution is -2.50. The zero-order chi connectivity index (χ0) is 15.0. The van der Waals surface area contributed by atoms with Crippen molar-refractivity contribution in [2.24, 2.45) is 5.92 Å². The summed E-state index contributed by atoms with van der Waals surface area (Å²) in [5.74, 6) is -0.0641. The molecule has 1 unspecified atom stereocenters. The van der Waals surface area contributed by atoms with Crippen LogP contribution in [0.5, 0.6) is 0 Å². The fraction of sp³-hybridized carbons (Fsp3) is 0.615. The molecule has 1 aromatic heterocycles. The predicted octanol–water partition coefficient (Wildman–Crippen LogP) is 2.14. The van der Waals surface area contributed by atoms with Crippen LogP contribution in [-0.4, -0.2) is 49.7 Å². The number of halogens is 1. The van der Waals surface area contributed by atoms with Crippen LogP contribution in [0.4, 0.5) is 0 Å². The third kappa shape index (κ3) is 3.04. The molecular weight excluding hydrogens is 376 g/mol. The number of carbonyl (C=O) groups is 1. The maximum atomic E-state index is 12.6. The van der Waals surface area contributed by atoms with Crippen molar-refractivity contribution in [3.05, 3.63) is 15.9 Å². The topological polar surface area (TPSA) is 57.7 Å². The Balaban J connectivity index is 1.74. The van der Waals surface area contributed by atoms with E-state index in [1.165, 1.54) is 15.6 Å². The highest BCUT2D eigenvalue weighted by Crippen LogP contribution is 2.31. The third-order valence-corrected chi connectivity index (χ3v) is 8.00. The van der Waals surface area contributed by atoms with Crippen molar-refractivity contribution in [2.75, 3.05) is 26.2 Å². The number of sulfonamides is 1.